The molecule has 0 fully saturated rings. The van der Waals surface area contributed by atoms with Crippen LogP contribution in [0, 0.1) is 0 Å². The van der Waals surface area contributed by atoms with Crippen molar-refractivity contribution in [3.63, 3.8) is 0 Å². The highest BCUT2D eigenvalue weighted by atomic mass is 32.2. The van der Waals surface area contributed by atoms with E-state index in [9.17, 15) is 9.59 Å². The van der Waals surface area contributed by atoms with Crippen molar-refractivity contribution < 1.29 is 14.3 Å². The van der Waals surface area contributed by atoms with Gasteiger partial charge in [-0.15, -0.1) is 23.1 Å². The average Bonchev–Trinajstić information content (AvgIpc) is 2.98. The molecule has 0 radical (unpaired) electrons. The van der Waals surface area contributed by atoms with Crippen LogP contribution in [0.2, 0.25) is 0 Å². The molecule has 2 aromatic heterocycles. The van der Waals surface area contributed by atoms with Crippen LogP contribution in [-0.2, 0) is 10.2 Å². The summed E-state index contributed by atoms with van der Waals surface area (Å²) in [6, 6.07) is 5.28. The highest BCUT2D eigenvalue weighted by Gasteiger charge is 2.24. The van der Waals surface area contributed by atoms with Gasteiger partial charge in [-0.1, -0.05) is 20.8 Å². The second kappa shape index (κ2) is 7.36. The second-order valence-corrected chi connectivity index (χ2v) is 8.02. The number of nitrogens with one attached hydrogen (secondary N) is 1. The Labute approximate surface area is 149 Å². The van der Waals surface area contributed by atoms with Gasteiger partial charge >= 0.3 is 5.97 Å². The summed E-state index contributed by atoms with van der Waals surface area (Å²) < 4.78 is 4.82. The van der Waals surface area contributed by atoms with Crippen molar-refractivity contribution in [1.29, 1.82) is 0 Å². The number of thioether (sulfide) groups is 1. The number of anilines is 1. The van der Waals surface area contributed by atoms with Crippen molar-refractivity contribution in [3.8, 4) is 0 Å². The summed E-state index contributed by atoms with van der Waals surface area (Å²) in [6.07, 6.45) is 3.45. The number of nitrogens with zero attached hydrogens (tertiary/aromatic N) is 1. The topological polar surface area (TPSA) is 68.3 Å². The fraction of sp³-hybridized carbons (Fsp3) is 0.353. The number of pyridine rings is 1. The van der Waals surface area contributed by atoms with Gasteiger partial charge in [-0.05, 0) is 29.9 Å². The van der Waals surface area contributed by atoms with Gasteiger partial charge in [0.25, 0.3) is 5.91 Å². The van der Waals surface area contributed by atoms with Crippen molar-refractivity contribution in [2.75, 3.05) is 18.7 Å². The van der Waals surface area contributed by atoms with Crippen molar-refractivity contribution in [2.45, 2.75) is 31.2 Å². The lowest BCUT2D eigenvalue weighted by Gasteiger charge is -2.15. The second-order valence-electron chi connectivity index (χ2n) is 6.14. The molecule has 24 heavy (non-hydrogen) atoms. The van der Waals surface area contributed by atoms with Crippen LogP contribution in [0.5, 0.6) is 0 Å². The van der Waals surface area contributed by atoms with Gasteiger partial charge in [-0.3, -0.25) is 4.79 Å². The van der Waals surface area contributed by atoms with Gasteiger partial charge in [0.1, 0.15) is 5.00 Å². The first-order valence-electron chi connectivity index (χ1n) is 7.30. The molecule has 2 heterocycles. The summed E-state index contributed by atoms with van der Waals surface area (Å²) in [5, 5.41) is 4.14. The molecule has 0 aliphatic heterocycles. The van der Waals surface area contributed by atoms with Crippen LogP contribution in [-0.4, -0.2) is 30.2 Å². The van der Waals surface area contributed by atoms with E-state index in [0.29, 0.717) is 16.1 Å². The number of thiophene rings is 1. The Hall–Kier alpha value is -1.86. The molecule has 0 spiro atoms. The molecule has 0 saturated carbocycles. The lowest BCUT2D eigenvalue weighted by Crippen LogP contribution is -2.14. The first kappa shape index (κ1) is 18.5. The third-order valence-electron chi connectivity index (χ3n) is 3.31. The number of carbonyl (C=O) groups excluding carboxylic acids is 2. The number of methoxy groups -OCH3 is 1. The molecular formula is C17H20N2O3S2. The Morgan fingerprint density at radius 3 is 2.50 bits per heavy atom. The molecule has 0 aliphatic rings. The van der Waals surface area contributed by atoms with Crippen molar-refractivity contribution in [1.82, 2.24) is 4.98 Å². The monoisotopic (exact) mass is 364 g/mol. The molecule has 2 aromatic rings. The summed E-state index contributed by atoms with van der Waals surface area (Å²) in [6.45, 7) is 6.16. The Bertz CT molecular complexity index is 746. The van der Waals surface area contributed by atoms with Crippen LogP contribution >= 0.6 is 23.1 Å². The van der Waals surface area contributed by atoms with E-state index in [1.807, 2.05) is 6.26 Å². The Morgan fingerprint density at radius 1 is 1.29 bits per heavy atom. The minimum atomic E-state index is -0.465. The number of aromatic nitrogens is 1. The van der Waals surface area contributed by atoms with E-state index in [2.05, 4.69) is 31.1 Å². The maximum absolute atomic E-state index is 12.4. The van der Waals surface area contributed by atoms with E-state index in [0.717, 1.165) is 9.90 Å². The molecule has 1 amide bonds. The van der Waals surface area contributed by atoms with Crippen molar-refractivity contribution >= 4 is 40.0 Å². The standard InChI is InChI=1S/C17H20N2O3S2/c1-17(2,3)12-8-11(16(21)22-4)15(24-12)19-14(20)10-6-7-13(23-5)18-9-10/h6-9H,1-5H3,(H,19,20). The molecule has 7 heteroatoms. The lowest BCUT2D eigenvalue weighted by atomic mass is 9.94. The van der Waals surface area contributed by atoms with E-state index in [-0.39, 0.29) is 11.3 Å². The van der Waals surface area contributed by atoms with Crippen LogP contribution in [0.1, 0.15) is 46.4 Å². The average molecular weight is 364 g/mol. The molecule has 128 valence electrons. The summed E-state index contributed by atoms with van der Waals surface area (Å²) in [7, 11) is 1.33. The van der Waals surface area contributed by atoms with Crippen LogP contribution in [0.4, 0.5) is 5.00 Å². The normalized spacial score (nSPS) is 11.2. The Morgan fingerprint density at radius 2 is 2.00 bits per heavy atom. The molecule has 1 N–H and O–H groups in total. The van der Waals surface area contributed by atoms with Gasteiger partial charge in [-0.25, -0.2) is 9.78 Å². The third-order valence-corrected chi connectivity index (χ3v) is 5.45. The van der Waals surface area contributed by atoms with Crippen LogP contribution in [0.3, 0.4) is 0 Å². The molecule has 0 aromatic carbocycles. The number of hydrogen-bond donors (Lipinski definition) is 1. The zero-order chi connectivity index (χ0) is 17.9. The van der Waals surface area contributed by atoms with Gasteiger partial charge in [0.05, 0.1) is 23.3 Å². The summed E-state index contributed by atoms with van der Waals surface area (Å²) >= 11 is 2.89. The molecule has 0 bridgehead atoms. The van der Waals surface area contributed by atoms with E-state index >= 15 is 0 Å². The fourth-order valence-corrected chi connectivity index (χ4v) is 3.39. The number of hydrogen-bond acceptors (Lipinski definition) is 6. The van der Waals surface area contributed by atoms with Gasteiger partial charge < -0.3 is 10.1 Å². The molecule has 0 unspecified atom stereocenters. The zero-order valence-corrected chi connectivity index (χ0v) is 15.9. The maximum Gasteiger partial charge on any atom is 0.340 e. The number of carbonyl (C=O) groups is 2. The zero-order valence-electron chi connectivity index (χ0n) is 14.3. The van der Waals surface area contributed by atoms with E-state index in [1.54, 1.807) is 18.2 Å². The highest BCUT2D eigenvalue weighted by Crippen LogP contribution is 2.36. The van der Waals surface area contributed by atoms with E-state index in [4.69, 9.17) is 4.74 Å². The van der Waals surface area contributed by atoms with Crippen LogP contribution < -0.4 is 5.32 Å². The SMILES string of the molecule is COC(=O)c1cc(C(C)(C)C)sc1NC(=O)c1ccc(SC)nc1. The maximum atomic E-state index is 12.4. The molecule has 5 nitrogen and oxygen atoms in total. The summed E-state index contributed by atoms with van der Waals surface area (Å²) in [4.78, 5) is 29.6. The largest absolute Gasteiger partial charge is 0.465 e. The van der Waals surface area contributed by atoms with Crippen LogP contribution in [0.15, 0.2) is 29.4 Å². The molecule has 0 saturated heterocycles. The highest BCUT2D eigenvalue weighted by molar-refractivity contribution is 7.98. The quantitative estimate of drug-likeness (QED) is 0.650. The minimum Gasteiger partial charge on any atom is -0.465 e. The summed E-state index contributed by atoms with van der Waals surface area (Å²) in [5.74, 6) is -0.768. The number of ether oxygens (including phenoxy) is 1. The van der Waals surface area contributed by atoms with Gasteiger partial charge in [0.15, 0.2) is 0 Å². The van der Waals surface area contributed by atoms with E-state index < -0.39 is 5.97 Å². The Kier molecular flexibility index (Phi) is 5.66. The number of rotatable bonds is 4. The molecule has 0 atom stereocenters. The smallest absolute Gasteiger partial charge is 0.340 e. The molecular weight excluding hydrogens is 344 g/mol. The first-order valence-corrected chi connectivity index (χ1v) is 9.34. The van der Waals surface area contributed by atoms with Gasteiger partial charge in [0, 0.05) is 11.1 Å². The predicted molar refractivity (Wildman–Crippen MR) is 98.3 cm³/mol. The summed E-state index contributed by atoms with van der Waals surface area (Å²) in [5.41, 5.74) is 0.682. The fourth-order valence-electron chi connectivity index (χ4n) is 1.93. The van der Waals surface area contributed by atoms with Crippen LogP contribution in [0.25, 0.3) is 0 Å². The minimum absolute atomic E-state index is 0.127. The van der Waals surface area contributed by atoms with Crippen molar-refractivity contribution in [2.24, 2.45) is 0 Å². The molecule has 2 rings (SSSR count). The van der Waals surface area contributed by atoms with Crippen molar-refractivity contribution in [3.05, 3.63) is 40.4 Å². The van der Waals surface area contributed by atoms with Gasteiger partial charge in [0.2, 0.25) is 0 Å². The third kappa shape index (κ3) is 4.15. The Balaban J connectivity index is 2.31. The predicted octanol–water partition coefficient (Wildman–Crippen LogP) is 4.20. The first-order chi connectivity index (χ1) is 11.3. The van der Waals surface area contributed by atoms with Gasteiger partial charge in [-0.2, -0.15) is 0 Å². The molecule has 0 aliphatic carbocycles. The lowest BCUT2D eigenvalue weighted by molar-refractivity contribution is 0.0602. The van der Waals surface area contributed by atoms with E-state index in [1.165, 1.54) is 36.4 Å². The number of esters is 1. The number of amides is 1.